The molecule has 0 radical (unpaired) electrons. The van der Waals surface area contributed by atoms with Crippen molar-refractivity contribution < 1.29 is 14.6 Å². The number of ether oxygens (including phenoxy) is 1. The summed E-state index contributed by atoms with van der Waals surface area (Å²) >= 11 is 6.04. The number of aromatic nitrogens is 2. The summed E-state index contributed by atoms with van der Waals surface area (Å²) in [7, 11) is 0. The minimum Gasteiger partial charge on any atom is -0.511 e. The maximum absolute atomic E-state index is 13.4. The highest BCUT2D eigenvalue weighted by atomic mass is 35.5. The summed E-state index contributed by atoms with van der Waals surface area (Å²) in [6.45, 7) is 8.31. The Kier molecular flexibility index (Phi) is 7.22. The summed E-state index contributed by atoms with van der Waals surface area (Å²) in [4.78, 5) is 22.3. The second-order valence-electron chi connectivity index (χ2n) is 9.45. The van der Waals surface area contributed by atoms with Crippen molar-refractivity contribution >= 4 is 34.0 Å². The number of Topliss-reactive ketones (excluding diaryl/α,β-unsaturated/α-hetero) is 1. The molecule has 1 N–H and O–H groups in total. The zero-order valence-corrected chi connectivity index (χ0v) is 20.9. The van der Waals surface area contributed by atoms with Crippen molar-refractivity contribution in [3.63, 3.8) is 0 Å². The van der Waals surface area contributed by atoms with Crippen LogP contribution in [0.15, 0.2) is 48.4 Å². The van der Waals surface area contributed by atoms with E-state index in [1.54, 1.807) is 24.4 Å². The van der Waals surface area contributed by atoms with Crippen LogP contribution in [-0.4, -0.2) is 20.9 Å². The molecular formula is C28H31ClN2O3. The van der Waals surface area contributed by atoms with E-state index in [0.717, 1.165) is 30.4 Å². The molecule has 0 fully saturated rings. The maximum Gasteiger partial charge on any atom is 0.238 e. The molecule has 0 amide bonds. The lowest BCUT2D eigenvalue weighted by atomic mass is 9.85. The zero-order chi connectivity index (χ0) is 24.4. The maximum atomic E-state index is 13.4. The lowest BCUT2D eigenvalue weighted by Crippen LogP contribution is -2.15. The van der Waals surface area contributed by atoms with E-state index in [4.69, 9.17) is 16.3 Å². The van der Waals surface area contributed by atoms with Gasteiger partial charge < -0.3 is 9.84 Å². The van der Waals surface area contributed by atoms with Gasteiger partial charge in [-0.2, -0.15) is 0 Å². The van der Waals surface area contributed by atoms with Crippen molar-refractivity contribution in [2.75, 3.05) is 0 Å². The molecular weight excluding hydrogens is 448 g/mol. The molecule has 4 rings (SSSR count). The lowest BCUT2D eigenvalue weighted by Gasteiger charge is -2.21. The van der Waals surface area contributed by atoms with E-state index >= 15 is 0 Å². The Bertz CT molecular complexity index is 1250. The van der Waals surface area contributed by atoms with Crippen LogP contribution in [0.2, 0.25) is 5.02 Å². The number of rotatable bonds is 4. The number of allylic oxidation sites excluding steroid dienone is 2. The van der Waals surface area contributed by atoms with Crippen molar-refractivity contribution in [1.29, 1.82) is 0 Å². The SMILES string of the molecule is CCc1ccc(Oc2cnc3cc(Cl)ccc3n2)cc1/C1=C(\O)C(C)[C@@H](C)CC[C@@H](C)CC1=O. The summed E-state index contributed by atoms with van der Waals surface area (Å²) in [5.74, 6) is 1.51. The van der Waals surface area contributed by atoms with E-state index in [2.05, 4.69) is 23.8 Å². The topological polar surface area (TPSA) is 72.3 Å². The standard InChI is InChI=1S/C28H31ClN2O3/c1-5-19-8-10-21(34-26-15-30-24-13-20(29)9-11-23(24)31-26)14-22(19)27-25(32)12-16(2)6-7-17(3)18(4)28(27)33/h8-11,13-18,33H,5-7,12H2,1-4H3/b28-27+/t16-,17+,18?/m1/s1. The van der Waals surface area contributed by atoms with Gasteiger partial charge in [0, 0.05) is 17.4 Å². The Hall–Kier alpha value is -2.92. The quantitative estimate of drug-likeness (QED) is 0.418. The molecule has 1 heterocycles. The fraction of sp³-hybridized carbons (Fsp3) is 0.393. The van der Waals surface area contributed by atoms with Crippen LogP contribution < -0.4 is 4.74 Å². The molecule has 0 saturated carbocycles. The number of carbonyl (C=O) groups is 1. The highest BCUT2D eigenvalue weighted by molar-refractivity contribution is 6.31. The van der Waals surface area contributed by atoms with E-state index in [-0.39, 0.29) is 29.3 Å². The van der Waals surface area contributed by atoms with Crippen molar-refractivity contribution in [1.82, 2.24) is 9.97 Å². The highest BCUT2D eigenvalue weighted by Gasteiger charge is 2.29. The number of benzene rings is 2. The van der Waals surface area contributed by atoms with Gasteiger partial charge >= 0.3 is 0 Å². The van der Waals surface area contributed by atoms with E-state index in [1.165, 1.54) is 0 Å². The van der Waals surface area contributed by atoms with E-state index in [9.17, 15) is 9.90 Å². The predicted octanol–water partition coefficient (Wildman–Crippen LogP) is 7.57. The fourth-order valence-corrected chi connectivity index (χ4v) is 4.71. The second-order valence-corrected chi connectivity index (χ2v) is 9.89. The summed E-state index contributed by atoms with van der Waals surface area (Å²) in [6, 6.07) is 11.0. The number of hydrogen-bond donors (Lipinski definition) is 1. The first-order valence-corrected chi connectivity index (χ1v) is 12.3. The zero-order valence-electron chi connectivity index (χ0n) is 20.1. The number of aliphatic hydroxyl groups excluding tert-OH is 1. The third-order valence-electron chi connectivity index (χ3n) is 6.90. The van der Waals surface area contributed by atoms with Gasteiger partial charge in [0.2, 0.25) is 5.88 Å². The molecule has 1 unspecified atom stereocenters. The average molecular weight is 479 g/mol. The molecule has 5 nitrogen and oxygen atoms in total. The number of ketones is 1. The molecule has 178 valence electrons. The summed E-state index contributed by atoms with van der Waals surface area (Å²) in [5.41, 5.74) is 3.51. The molecule has 1 aliphatic carbocycles. The van der Waals surface area contributed by atoms with Gasteiger partial charge in [-0.05, 0) is 72.6 Å². The number of nitrogens with zero attached hydrogens (tertiary/aromatic N) is 2. The minimum absolute atomic E-state index is 0.0137. The summed E-state index contributed by atoms with van der Waals surface area (Å²) < 4.78 is 6.05. The molecule has 0 spiro atoms. The number of fused-ring (bicyclic) bond motifs is 1. The van der Waals surface area contributed by atoms with Crippen molar-refractivity contribution in [3.05, 3.63) is 64.5 Å². The largest absolute Gasteiger partial charge is 0.511 e. The first-order valence-electron chi connectivity index (χ1n) is 12.0. The third kappa shape index (κ3) is 5.10. The molecule has 1 aliphatic rings. The molecule has 3 atom stereocenters. The third-order valence-corrected chi connectivity index (χ3v) is 7.14. The van der Waals surface area contributed by atoms with Gasteiger partial charge in [0.15, 0.2) is 5.78 Å². The monoisotopic (exact) mass is 478 g/mol. The van der Waals surface area contributed by atoms with Crippen LogP contribution in [0.25, 0.3) is 16.6 Å². The average Bonchev–Trinajstić information content (AvgIpc) is 2.85. The van der Waals surface area contributed by atoms with Crippen LogP contribution >= 0.6 is 11.6 Å². The molecule has 3 aromatic rings. The first-order chi connectivity index (χ1) is 16.3. The van der Waals surface area contributed by atoms with Crippen LogP contribution in [0, 0.1) is 17.8 Å². The molecule has 0 aliphatic heterocycles. The number of aryl methyl sites for hydroxylation is 1. The van der Waals surface area contributed by atoms with Crippen molar-refractivity contribution in [2.45, 2.75) is 53.4 Å². The van der Waals surface area contributed by atoms with Crippen LogP contribution in [0.5, 0.6) is 11.6 Å². The lowest BCUT2D eigenvalue weighted by molar-refractivity contribution is -0.114. The van der Waals surface area contributed by atoms with Crippen LogP contribution in [0.4, 0.5) is 0 Å². The Morgan fingerprint density at radius 1 is 1.09 bits per heavy atom. The van der Waals surface area contributed by atoms with E-state index < -0.39 is 0 Å². The van der Waals surface area contributed by atoms with Gasteiger partial charge in [-0.15, -0.1) is 0 Å². The van der Waals surface area contributed by atoms with Crippen LogP contribution in [-0.2, 0) is 11.2 Å². The van der Waals surface area contributed by atoms with Crippen LogP contribution in [0.3, 0.4) is 0 Å². The van der Waals surface area contributed by atoms with Gasteiger partial charge in [0.05, 0.1) is 22.8 Å². The van der Waals surface area contributed by atoms with Gasteiger partial charge in [0.25, 0.3) is 0 Å². The van der Waals surface area contributed by atoms with Crippen molar-refractivity contribution in [3.8, 4) is 11.6 Å². The molecule has 2 aromatic carbocycles. The highest BCUT2D eigenvalue weighted by Crippen LogP contribution is 2.37. The van der Waals surface area contributed by atoms with Gasteiger partial charge in [-0.1, -0.05) is 45.4 Å². The Morgan fingerprint density at radius 2 is 1.88 bits per heavy atom. The smallest absolute Gasteiger partial charge is 0.238 e. The molecule has 1 aromatic heterocycles. The predicted molar refractivity (Wildman–Crippen MR) is 136 cm³/mol. The number of aliphatic hydroxyl groups is 1. The summed E-state index contributed by atoms with van der Waals surface area (Å²) in [6.07, 6.45) is 4.68. The number of carbonyl (C=O) groups excluding carboxylic acids is 1. The fourth-order valence-electron chi connectivity index (χ4n) is 4.54. The van der Waals surface area contributed by atoms with Crippen molar-refractivity contribution in [2.24, 2.45) is 17.8 Å². The number of halogens is 1. The molecule has 6 heteroatoms. The molecule has 34 heavy (non-hydrogen) atoms. The van der Waals surface area contributed by atoms with Gasteiger partial charge in [0.1, 0.15) is 11.5 Å². The Labute approximate surface area is 205 Å². The molecule has 0 saturated heterocycles. The minimum atomic E-state index is -0.100. The second kappa shape index (κ2) is 10.1. The van der Waals surface area contributed by atoms with Crippen LogP contribution in [0.1, 0.15) is 58.1 Å². The van der Waals surface area contributed by atoms with E-state index in [1.807, 2.05) is 32.0 Å². The van der Waals surface area contributed by atoms with E-state index in [0.29, 0.717) is 39.7 Å². The number of hydrogen-bond acceptors (Lipinski definition) is 5. The first kappa shape index (κ1) is 24.2. The van der Waals surface area contributed by atoms with Gasteiger partial charge in [-0.3, -0.25) is 4.79 Å². The van der Waals surface area contributed by atoms with Gasteiger partial charge in [-0.25, -0.2) is 9.97 Å². The normalized spacial score (nSPS) is 23.9. The Balaban J connectivity index is 1.76. The Morgan fingerprint density at radius 3 is 2.65 bits per heavy atom. The molecule has 0 bridgehead atoms. The summed E-state index contributed by atoms with van der Waals surface area (Å²) in [5, 5.41) is 11.9.